The standard InChI is InChI=1S/C14H19FN2O/c1-3-14(2,6-7-18)17-10-12-8-13(15)5-4-11(12)9-16/h4-5,8,17-18H,3,6-7,10H2,1-2H3. The van der Waals surface area contributed by atoms with Crippen LogP contribution in [-0.4, -0.2) is 17.3 Å². The van der Waals surface area contributed by atoms with Crippen LogP contribution in [0.2, 0.25) is 0 Å². The van der Waals surface area contributed by atoms with E-state index in [1.165, 1.54) is 18.2 Å². The van der Waals surface area contributed by atoms with Crippen LogP contribution in [0.4, 0.5) is 4.39 Å². The fourth-order valence-corrected chi connectivity index (χ4v) is 1.76. The van der Waals surface area contributed by atoms with Gasteiger partial charge in [0.25, 0.3) is 0 Å². The number of rotatable bonds is 6. The molecule has 0 aromatic heterocycles. The van der Waals surface area contributed by atoms with Crippen LogP contribution in [0.25, 0.3) is 0 Å². The largest absolute Gasteiger partial charge is 0.396 e. The number of nitriles is 1. The van der Waals surface area contributed by atoms with Gasteiger partial charge in [-0.15, -0.1) is 0 Å². The van der Waals surface area contributed by atoms with Crippen molar-refractivity contribution >= 4 is 0 Å². The molecule has 1 atom stereocenters. The van der Waals surface area contributed by atoms with Gasteiger partial charge in [-0.05, 0) is 43.5 Å². The molecule has 18 heavy (non-hydrogen) atoms. The number of nitrogens with zero attached hydrogens (tertiary/aromatic N) is 1. The second kappa shape index (κ2) is 6.48. The molecule has 0 aliphatic carbocycles. The highest BCUT2D eigenvalue weighted by molar-refractivity contribution is 5.37. The topological polar surface area (TPSA) is 56.0 Å². The number of benzene rings is 1. The molecule has 0 aliphatic heterocycles. The molecule has 4 heteroatoms. The van der Waals surface area contributed by atoms with E-state index in [1.54, 1.807) is 0 Å². The van der Waals surface area contributed by atoms with Crippen molar-refractivity contribution in [1.29, 1.82) is 5.26 Å². The van der Waals surface area contributed by atoms with Gasteiger partial charge in [-0.3, -0.25) is 0 Å². The first-order valence-corrected chi connectivity index (χ1v) is 6.09. The Kier molecular flexibility index (Phi) is 5.26. The number of aliphatic hydroxyl groups excluding tert-OH is 1. The van der Waals surface area contributed by atoms with E-state index < -0.39 is 0 Å². The smallest absolute Gasteiger partial charge is 0.123 e. The van der Waals surface area contributed by atoms with E-state index in [2.05, 4.69) is 11.4 Å². The summed E-state index contributed by atoms with van der Waals surface area (Å²) in [6.07, 6.45) is 1.48. The SMILES string of the molecule is CCC(C)(CCO)NCc1cc(F)ccc1C#N. The van der Waals surface area contributed by atoms with Crippen LogP contribution in [-0.2, 0) is 6.54 Å². The predicted molar refractivity (Wildman–Crippen MR) is 68.4 cm³/mol. The zero-order valence-electron chi connectivity index (χ0n) is 10.8. The fourth-order valence-electron chi connectivity index (χ4n) is 1.76. The Hall–Kier alpha value is -1.44. The Bertz CT molecular complexity index is 442. The minimum atomic E-state index is -0.342. The van der Waals surface area contributed by atoms with Gasteiger partial charge in [0.05, 0.1) is 11.6 Å². The van der Waals surface area contributed by atoms with Gasteiger partial charge < -0.3 is 10.4 Å². The third kappa shape index (κ3) is 3.80. The number of aliphatic hydroxyl groups is 1. The normalized spacial score (nSPS) is 13.9. The fraction of sp³-hybridized carbons (Fsp3) is 0.500. The Morgan fingerprint density at radius 3 is 2.78 bits per heavy atom. The van der Waals surface area contributed by atoms with Gasteiger partial charge in [0.1, 0.15) is 5.82 Å². The van der Waals surface area contributed by atoms with Crippen LogP contribution in [0.5, 0.6) is 0 Å². The molecule has 2 N–H and O–H groups in total. The molecule has 1 unspecified atom stereocenters. The van der Waals surface area contributed by atoms with E-state index in [9.17, 15) is 4.39 Å². The van der Waals surface area contributed by atoms with Crippen molar-refractivity contribution < 1.29 is 9.50 Å². The van der Waals surface area contributed by atoms with E-state index in [4.69, 9.17) is 10.4 Å². The van der Waals surface area contributed by atoms with Gasteiger partial charge in [-0.25, -0.2) is 4.39 Å². The van der Waals surface area contributed by atoms with Crippen LogP contribution in [0.3, 0.4) is 0 Å². The van der Waals surface area contributed by atoms with Crippen LogP contribution in [0, 0.1) is 17.1 Å². The second-order valence-corrected chi connectivity index (χ2v) is 4.65. The maximum atomic E-state index is 13.2. The minimum absolute atomic E-state index is 0.103. The summed E-state index contributed by atoms with van der Waals surface area (Å²) < 4.78 is 13.2. The summed E-state index contributed by atoms with van der Waals surface area (Å²) >= 11 is 0. The first-order chi connectivity index (χ1) is 8.54. The average Bonchev–Trinajstić information content (AvgIpc) is 2.37. The molecule has 1 aromatic rings. The molecule has 0 bridgehead atoms. The molecule has 98 valence electrons. The highest BCUT2D eigenvalue weighted by Gasteiger charge is 2.20. The highest BCUT2D eigenvalue weighted by Crippen LogP contribution is 2.17. The van der Waals surface area contributed by atoms with Gasteiger partial charge in [0.15, 0.2) is 0 Å². The Morgan fingerprint density at radius 2 is 2.22 bits per heavy atom. The number of hydrogen-bond donors (Lipinski definition) is 2. The lowest BCUT2D eigenvalue weighted by atomic mass is 9.94. The summed E-state index contributed by atoms with van der Waals surface area (Å²) in [4.78, 5) is 0. The molecule has 1 aromatic carbocycles. The van der Waals surface area contributed by atoms with Gasteiger partial charge in [0.2, 0.25) is 0 Å². The molecule has 3 nitrogen and oxygen atoms in total. The molecule has 1 rings (SSSR count). The Balaban J connectivity index is 2.79. The van der Waals surface area contributed by atoms with Crippen molar-refractivity contribution in [3.8, 4) is 6.07 Å². The molecule has 0 saturated heterocycles. The summed E-state index contributed by atoms with van der Waals surface area (Å²) in [6, 6.07) is 6.20. The molecule has 0 fully saturated rings. The maximum absolute atomic E-state index is 13.2. The van der Waals surface area contributed by atoms with E-state index in [1.807, 2.05) is 13.8 Å². The van der Waals surface area contributed by atoms with Crippen molar-refractivity contribution in [2.24, 2.45) is 0 Å². The van der Waals surface area contributed by atoms with E-state index in [0.717, 1.165) is 6.42 Å². The molecule has 0 radical (unpaired) electrons. The average molecular weight is 250 g/mol. The summed E-state index contributed by atoms with van der Waals surface area (Å²) in [6.45, 7) is 4.56. The monoisotopic (exact) mass is 250 g/mol. The maximum Gasteiger partial charge on any atom is 0.123 e. The van der Waals surface area contributed by atoms with Crippen molar-refractivity contribution in [1.82, 2.24) is 5.32 Å². The molecule has 0 saturated carbocycles. The van der Waals surface area contributed by atoms with E-state index in [-0.39, 0.29) is 18.0 Å². The predicted octanol–water partition coefficient (Wildman–Crippen LogP) is 2.34. The van der Waals surface area contributed by atoms with E-state index in [0.29, 0.717) is 24.1 Å². The van der Waals surface area contributed by atoms with Gasteiger partial charge in [0, 0.05) is 18.7 Å². The summed E-state index contributed by atoms with van der Waals surface area (Å²) in [5.41, 5.74) is 0.926. The quantitative estimate of drug-likeness (QED) is 0.814. The Morgan fingerprint density at radius 1 is 1.50 bits per heavy atom. The third-order valence-corrected chi connectivity index (χ3v) is 3.34. The van der Waals surface area contributed by atoms with Crippen molar-refractivity contribution in [2.45, 2.75) is 38.8 Å². The Labute approximate surface area is 107 Å². The van der Waals surface area contributed by atoms with Gasteiger partial charge in [-0.2, -0.15) is 5.26 Å². The highest BCUT2D eigenvalue weighted by atomic mass is 19.1. The molecule has 0 heterocycles. The van der Waals surface area contributed by atoms with Crippen LogP contribution >= 0.6 is 0 Å². The molecule has 0 amide bonds. The zero-order chi connectivity index (χ0) is 13.6. The van der Waals surface area contributed by atoms with Crippen LogP contribution in [0.15, 0.2) is 18.2 Å². The molecular weight excluding hydrogens is 231 g/mol. The molecular formula is C14H19FN2O. The van der Waals surface area contributed by atoms with Crippen molar-refractivity contribution in [2.75, 3.05) is 6.61 Å². The lowest BCUT2D eigenvalue weighted by Gasteiger charge is -2.29. The van der Waals surface area contributed by atoms with Gasteiger partial charge >= 0.3 is 0 Å². The first kappa shape index (κ1) is 14.6. The number of halogens is 1. The lowest BCUT2D eigenvalue weighted by molar-refractivity contribution is 0.214. The van der Waals surface area contributed by atoms with Crippen molar-refractivity contribution in [3.63, 3.8) is 0 Å². The minimum Gasteiger partial charge on any atom is -0.396 e. The third-order valence-electron chi connectivity index (χ3n) is 3.34. The first-order valence-electron chi connectivity index (χ1n) is 6.09. The summed E-state index contributed by atoms with van der Waals surface area (Å²) in [7, 11) is 0. The lowest BCUT2D eigenvalue weighted by Crippen LogP contribution is -2.42. The van der Waals surface area contributed by atoms with Gasteiger partial charge in [-0.1, -0.05) is 6.92 Å². The molecule has 0 aliphatic rings. The number of nitrogens with one attached hydrogen (secondary N) is 1. The summed E-state index contributed by atoms with van der Waals surface area (Å²) in [5, 5.41) is 21.3. The zero-order valence-corrected chi connectivity index (χ0v) is 10.8. The van der Waals surface area contributed by atoms with Crippen molar-refractivity contribution in [3.05, 3.63) is 35.1 Å². The van der Waals surface area contributed by atoms with Crippen LogP contribution < -0.4 is 5.32 Å². The molecule has 0 spiro atoms. The summed E-state index contributed by atoms with van der Waals surface area (Å²) in [5.74, 6) is -0.342. The van der Waals surface area contributed by atoms with E-state index >= 15 is 0 Å². The second-order valence-electron chi connectivity index (χ2n) is 4.65. The number of hydrogen-bond acceptors (Lipinski definition) is 3. The van der Waals surface area contributed by atoms with Crippen LogP contribution in [0.1, 0.15) is 37.8 Å².